The summed E-state index contributed by atoms with van der Waals surface area (Å²) in [6.07, 6.45) is 3.89. The lowest BCUT2D eigenvalue weighted by Crippen LogP contribution is -2.09. The van der Waals surface area contributed by atoms with E-state index in [9.17, 15) is 4.79 Å². The second kappa shape index (κ2) is 8.53. The number of carbonyl (C=O) groups is 1. The summed E-state index contributed by atoms with van der Waals surface area (Å²) in [7, 11) is 0. The van der Waals surface area contributed by atoms with Crippen molar-refractivity contribution in [3.05, 3.63) is 29.8 Å². The van der Waals surface area contributed by atoms with Gasteiger partial charge >= 0.3 is 5.97 Å². The fraction of sp³-hybridized carbons (Fsp3) is 0.500. The van der Waals surface area contributed by atoms with E-state index in [1.807, 2.05) is 12.1 Å². The molecule has 0 saturated carbocycles. The van der Waals surface area contributed by atoms with Crippen LogP contribution in [0.25, 0.3) is 0 Å². The van der Waals surface area contributed by atoms with E-state index in [0.29, 0.717) is 12.3 Å². The summed E-state index contributed by atoms with van der Waals surface area (Å²) in [5.41, 5.74) is 7.16. The molecule has 0 bridgehead atoms. The average molecular weight is 251 g/mol. The van der Waals surface area contributed by atoms with Gasteiger partial charge in [-0.05, 0) is 37.0 Å². The van der Waals surface area contributed by atoms with Crippen molar-refractivity contribution < 1.29 is 14.6 Å². The minimum atomic E-state index is -0.220. The van der Waals surface area contributed by atoms with Gasteiger partial charge in [0.1, 0.15) is 0 Å². The molecule has 3 N–H and O–H groups in total. The van der Waals surface area contributed by atoms with Gasteiger partial charge in [-0.1, -0.05) is 18.6 Å². The monoisotopic (exact) mass is 251 g/mol. The maximum atomic E-state index is 11.5. The van der Waals surface area contributed by atoms with Gasteiger partial charge < -0.3 is 15.6 Å². The number of anilines is 1. The number of esters is 1. The van der Waals surface area contributed by atoms with Crippen LogP contribution in [0.2, 0.25) is 0 Å². The van der Waals surface area contributed by atoms with Gasteiger partial charge in [-0.25, -0.2) is 0 Å². The van der Waals surface area contributed by atoms with E-state index in [1.54, 1.807) is 12.1 Å². The Balaban J connectivity index is 2.14. The van der Waals surface area contributed by atoms with E-state index < -0.39 is 0 Å². The van der Waals surface area contributed by atoms with Crippen LogP contribution in [-0.4, -0.2) is 24.3 Å². The number of ether oxygens (including phenoxy) is 1. The van der Waals surface area contributed by atoms with E-state index >= 15 is 0 Å². The normalized spacial score (nSPS) is 10.3. The second-order valence-electron chi connectivity index (χ2n) is 4.28. The Hall–Kier alpha value is -1.55. The standard InChI is InChI=1S/C14H21NO3/c15-13-7-5-6-12(10-13)11-14(17)18-9-4-2-1-3-8-16/h5-7,10,16H,1-4,8-9,11,15H2. The van der Waals surface area contributed by atoms with Crippen molar-refractivity contribution in [1.29, 1.82) is 0 Å². The number of hydrogen-bond donors (Lipinski definition) is 2. The van der Waals surface area contributed by atoms with Gasteiger partial charge in [-0.2, -0.15) is 0 Å². The lowest BCUT2D eigenvalue weighted by molar-refractivity contribution is -0.142. The number of rotatable bonds is 8. The van der Waals surface area contributed by atoms with Crippen LogP contribution in [0.1, 0.15) is 31.2 Å². The van der Waals surface area contributed by atoms with E-state index in [4.69, 9.17) is 15.6 Å². The predicted octanol–water partition coefficient (Wildman–Crippen LogP) is 1.91. The van der Waals surface area contributed by atoms with Crippen LogP contribution in [0.15, 0.2) is 24.3 Å². The fourth-order valence-corrected chi connectivity index (χ4v) is 1.67. The molecule has 0 aliphatic rings. The summed E-state index contributed by atoms with van der Waals surface area (Å²) in [6.45, 7) is 0.682. The van der Waals surface area contributed by atoms with Crippen LogP contribution >= 0.6 is 0 Å². The Labute approximate surface area is 108 Å². The largest absolute Gasteiger partial charge is 0.465 e. The Morgan fingerprint density at radius 3 is 2.72 bits per heavy atom. The molecule has 0 saturated heterocycles. The van der Waals surface area contributed by atoms with Gasteiger partial charge in [-0.15, -0.1) is 0 Å². The first-order valence-electron chi connectivity index (χ1n) is 6.33. The summed E-state index contributed by atoms with van der Waals surface area (Å²) in [6, 6.07) is 7.25. The Morgan fingerprint density at radius 2 is 2.00 bits per heavy atom. The third-order valence-corrected chi connectivity index (χ3v) is 2.62. The van der Waals surface area contributed by atoms with Crippen molar-refractivity contribution in [3.63, 3.8) is 0 Å². The Kier molecular flexibility index (Phi) is 6.87. The predicted molar refractivity (Wildman–Crippen MR) is 71.1 cm³/mol. The minimum absolute atomic E-state index is 0.220. The number of benzene rings is 1. The first kappa shape index (κ1) is 14.5. The number of nitrogen functional groups attached to an aromatic ring is 1. The van der Waals surface area contributed by atoms with Gasteiger partial charge in [0, 0.05) is 12.3 Å². The van der Waals surface area contributed by atoms with E-state index in [-0.39, 0.29) is 19.0 Å². The van der Waals surface area contributed by atoms with Crippen LogP contribution in [0, 0.1) is 0 Å². The molecule has 4 heteroatoms. The van der Waals surface area contributed by atoms with Crippen molar-refractivity contribution in [2.24, 2.45) is 0 Å². The lowest BCUT2D eigenvalue weighted by Gasteiger charge is -2.05. The average Bonchev–Trinajstić information content (AvgIpc) is 2.33. The van der Waals surface area contributed by atoms with Crippen molar-refractivity contribution in [2.45, 2.75) is 32.1 Å². The van der Waals surface area contributed by atoms with Crippen molar-refractivity contribution in [3.8, 4) is 0 Å². The maximum absolute atomic E-state index is 11.5. The first-order valence-corrected chi connectivity index (χ1v) is 6.33. The number of aliphatic hydroxyl groups excluding tert-OH is 1. The summed E-state index contributed by atoms with van der Waals surface area (Å²) in [5, 5.41) is 8.60. The first-order chi connectivity index (χ1) is 8.72. The molecule has 0 aliphatic heterocycles. The topological polar surface area (TPSA) is 72.6 Å². The van der Waals surface area contributed by atoms with Gasteiger partial charge in [0.2, 0.25) is 0 Å². The van der Waals surface area contributed by atoms with E-state index in [0.717, 1.165) is 31.2 Å². The van der Waals surface area contributed by atoms with Crippen LogP contribution in [0.5, 0.6) is 0 Å². The highest BCUT2D eigenvalue weighted by atomic mass is 16.5. The number of carbonyl (C=O) groups excluding carboxylic acids is 1. The van der Waals surface area contributed by atoms with Gasteiger partial charge in [0.25, 0.3) is 0 Å². The number of hydrogen-bond acceptors (Lipinski definition) is 4. The molecule has 0 spiro atoms. The van der Waals surface area contributed by atoms with Crippen LogP contribution in [0.4, 0.5) is 5.69 Å². The zero-order chi connectivity index (χ0) is 13.2. The van der Waals surface area contributed by atoms with E-state index in [1.165, 1.54) is 0 Å². The van der Waals surface area contributed by atoms with Crippen molar-refractivity contribution in [1.82, 2.24) is 0 Å². The molecule has 1 aromatic rings. The Morgan fingerprint density at radius 1 is 1.22 bits per heavy atom. The lowest BCUT2D eigenvalue weighted by atomic mass is 10.1. The molecule has 0 aliphatic carbocycles. The zero-order valence-corrected chi connectivity index (χ0v) is 10.6. The van der Waals surface area contributed by atoms with E-state index in [2.05, 4.69) is 0 Å². The number of aliphatic hydroxyl groups is 1. The molecule has 1 aromatic carbocycles. The van der Waals surface area contributed by atoms with Crippen LogP contribution in [-0.2, 0) is 16.0 Å². The SMILES string of the molecule is Nc1cccc(CC(=O)OCCCCCCO)c1. The third kappa shape index (κ3) is 6.25. The second-order valence-corrected chi connectivity index (χ2v) is 4.28. The molecule has 4 nitrogen and oxygen atoms in total. The van der Waals surface area contributed by atoms with Gasteiger partial charge in [0.15, 0.2) is 0 Å². The third-order valence-electron chi connectivity index (χ3n) is 2.62. The molecule has 0 fully saturated rings. The highest BCUT2D eigenvalue weighted by Gasteiger charge is 2.04. The molecule has 0 amide bonds. The summed E-state index contributed by atoms with van der Waals surface area (Å²) in [5.74, 6) is -0.220. The number of unbranched alkanes of at least 4 members (excludes halogenated alkanes) is 3. The molecule has 1 rings (SSSR count). The smallest absolute Gasteiger partial charge is 0.310 e. The summed E-state index contributed by atoms with van der Waals surface area (Å²) >= 11 is 0. The van der Waals surface area contributed by atoms with Gasteiger partial charge in [0.05, 0.1) is 13.0 Å². The molecule has 0 atom stereocenters. The minimum Gasteiger partial charge on any atom is -0.465 e. The summed E-state index contributed by atoms with van der Waals surface area (Å²) < 4.78 is 5.12. The molecule has 0 unspecified atom stereocenters. The molecule has 0 radical (unpaired) electrons. The quantitative estimate of drug-likeness (QED) is 0.420. The van der Waals surface area contributed by atoms with Crippen molar-refractivity contribution >= 4 is 11.7 Å². The highest BCUT2D eigenvalue weighted by molar-refractivity contribution is 5.72. The van der Waals surface area contributed by atoms with Crippen LogP contribution in [0.3, 0.4) is 0 Å². The highest BCUT2D eigenvalue weighted by Crippen LogP contribution is 2.08. The molecular weight excluding hydrogens is 230 g/mol. The fourth-order valence-electron chi connectivity index (χ4n) is 1.67. The van der Waals surface area contributed by atoms with Crippen molar-refractivity contribution in [2.75, 3.05) is 18.9 Å². The molecular formula is C14H21NO3. The molecule has 100 valence electrons. The molecule has 0 aromatic heterocycles. The van der Waals surface area contributed by atoms with Gasteiger partial charge in [-0.3, -0.25) is 4.79 Å². The molecule has 18 heavy (non-hydrogen) atoms. The molecule has 0 heterocycles. The maximum Gasteiger partial charge on any atom is 0.310 e. The zero-order valence-electron chi connectivity index (χ0n) is 10.6. The summed E-state index contributed by atoms with van der Waals surface area (Å²) in [4.78, 5) is 11.5. The Bertz CT molecular complexity index is 366. The van der Waals surface area contributed by atoms with Crippen LogP contribution < -0.4 is 5.73 Å². The number of nitrogens with two attached hydrogens (primary N) is 1.